The smallest absolute Gasteiger partial charge is 0.123 e. The standard InChI is InChI=1S/C10H12N2O/c1-8-2-3-9(7-12)6-10(8)13-5-4-11/h2-3,6H,4-5,11H2,1H3. The van der Waals surface area contributed by atoms with E-state index in [1.165, 1.54) is 0 Å². The quantitative estimate of drug-likeness (QED) is 0.752. The van der Waals surface area contributed by atoms with Gasteiger partial charge in [0.25, 0.3) is 0 Å². The molecule has 0 aliphatic heterocycles. The number of nitriles is 1. The Morgan fingerprint density at radius 1 is 1.54 bits per heavy atom. The van der Waals surface area contributed by atoms with Gasteiger partial charge in [-0.1, -0.05) is 6.07 Å². The molecule has 0 saturated carbocycles. The van der Waals surface area contributed by atoms with E-state index >= 15 is 0 Å². The van der Waals surface area contributed by atoms with Crippen molar-refractivity contribution in [3.63, 3.8) is 0 Å². The number of aryl methyl sites for hydroxylation is 1. The van der Waals surface area contributed by atoms with Crippen LogP contribution in [0.2, 0.25) is 0 Å². The second-order valence-corrected chi connectivity index (χ2v) is 2.73. The Morgan fingerprint density at radius 2 is 2.31 bits per heavy atom. The minimum absolute atomic E-state index is 0.482. The summed E-state index contributed by atoms with van der Waals surface area (Å²) in [6, 6.07) is 7.42. The van der Waals surface area contributed by atoms with Crippen molar-refractivity contribution in [1.82, 2.24) is 0 Å². The first-order valence-electron chi connectivity index (χ1n) is 4.11. The Hall–Kier alpha value is -1.53. The normalized spacial score (nSPS) is 9.31. The van der Waals surface area contributed by atoms with Crippen molar-refractivity contribution in [2.75, 3.05) is 13.2 Å². The van der Waals surface area contributed by atoms with Gasteiger partial charge >= 0.3 is 0 Å². The summed E-state index contributed by atoms with van der Waals surface area (Å²) in [5.41, 5.74) is 6.94. The van der Waals surface area contributed by atoms with Crippen LogP contribution in [0, 0.1) is 18.3 Å². The van der Waals surface area contributed by atoms with Crippen LogP contribution in [0.5, 0.6) is 5.75 Å². The monoisotopic (exact) mass is 176 g/mol. The van der Waals surface area contributed by atoms with Gasteiger partial charge in [-0.15, -0.1) is 0 Å². The third-order valence-corrected chi connectivity index (χ3v) is 1.69. The summed E-state index contributed by atoms with van der Waals surface area (Å²) in [4.78, 5) is 0. The van der Waals surface area contributed by atoms with E-state index < -0.39 is 0 Å². The molecule has 1 aromatic carbocycles. The molecule has 68 valence electrons. The number of benzene rings is 1. The second-order valence-electron chi connectivity index (χ2n) is 2.73. The summed E-state index contributed by atoms with van der Waals surface area (Å²) in [5.74, 6) is 0.740. The SMILES string of the molecule is Cc1ccc(C#N)cc1OCCN. The van der Waals surface area contributed by atoms with E-state index in [0.717, 1.165) is 11.3 Å². The van der Waals surface area contributed by atoms with Crippen LogP contribution in [0.1, 0.15) is 11.1 Å². The topological polar surface area (TPSA) is 59.0 Å². The molecular formula is C10H12N2O. The predicted octanol–water partition coefficient (Wildman–Crippen LogP) is 1.20. The van der Waals surface area contributed by atoms with E-state index in [0.29, 0.717) is 18.7 Å². The fraction of sp³-hybridized carbons (Fsp3) is 0.300. The molecule has 0 bridgehead atoms. The van der Waals surface area contributed by atoms with Crippen LogP contribution in [0.4, 0.5) is 0 Å². The lowest BCUT2D eigenvalue weighted by Crippen LogP contribution is -2.11. The van der Waals surface area contributed by atoms with Crippen molar-refractivity contribution < 1.29 is 4.74 Å². The van der Waals surface area contributed by atoms with Crippen LogP contribution in [-0.2, 0) is 0 Å². The molecule has 0 aliphatic carbocycles. The number of ether oxygens (including phenoxy) is 1. The highest BCUT2D eigenvalue weighted by Gasteiger charge is 2.00. The molecule has 0 aromatic heterocycles. The van der Waals surface area contributed by atoms with E-state index in [1.54, 1.807) is 12.1 Å². The first-order chi connectivity index (χ1) is 6.27. The molecule has 13 heavy (non-hydrogen) atoms. The predicted molar refractivity (Wildman–Crippen MR) is 50.4 cm³/mol. The van der Waals surface area contributed by atoms with Gasteiger partial charge in [0, 0.05) is 6.54 Å². The summed E-state index contributed by atoms with van der Waals surface area (Å²) < 4.78 is 5.35. The molecule has 3 heteroatoms. The number of rotatable bonds is 3. The lowest BCUT2D eigenvalue weighted by molar-refractivity contribution is 0.326. The van der Waals surface area contributed by atoms with Crippen molar-refractivity contribution >= 4 is 0 Å². The van der Waals surface area contributed by atoms with Gasteiger partial charge in [0.1, 0.15) is 12.4 Å². The second kappa shape index (κ2) is 4.48. The van der Waals surface area contributed by atoms with E-state index in [9.17, 15) is 0 Å². The Kier molecular flexibility index (Phi) is 3.30. The van der Waals surface area contributed by atoms with Crippen LogP contribution < -0.4 is 10.5 Å². The van der Waals surface area contributed by atoms with Crippen molar-refractivity contribution in [3.8, 4) is 11.8 Å². The largest absolute Gasteiger partial charge is 0.492 e. The number of nitrogens with zero attached hydrogens (tertiary/aromatic N) is 1. The van der Waals surface area contributed by atoms with Crippen LogP contribution in [-0.4, -0.2) is 13.2 Å². The van der Waals surface area contributed by atoms with Crippen molar-refractivity contribution in [1.29, 1.82) is 5.26 Å². The Bertz CT molecular complexity index is 328. The minimum Gasteiger partial charge on any atom is -0.492 e. The fourth-order valence-corrected chi connectivity index (χ4v) is 0.994. The molecular weight excluding hydrogens is 164 g/mol. The van der Waals surface area contributed by atoms with Crippen LogP contribution in [0.3, 0.4) is 0 Å². The van der Waals surface area contributed by atoms with Crippen molar-refractivity contribution in [2.45, 2.75) is 6.92 Å². The maximum absolute atomic E-state index is 8.65. The molecule has 1 rings (SSSR count). The Labute approximate surface area is 77.7 Å². The first-order valence-corrected chi connectivity index (χ1v) is 4.11. The Balaban J connectivity index is 2.85. The third kappa shape index (κ3) is 2.46. The van der Waals surface area contributed by atoms with Gasteiger partial charge < -0.3 is 10.5 Å². The highest BCUT2D eigenvalue weighted by molar-refractivity contribution is 5.41. The van der Waals surface area contributed by atoms with Crippen molar-refractivity contribution in [2.24, 2.45) is 5.73 Å². The van der Waals surface area contributed by atoms with Crippen molar-refractivity contribution in [3.05, 3.63) is 29.3 Å². The molecule has 0 saturated heterocycles. The molecule has 1 aromatic rings. The molecule has 0 amide bonds. The van der Waals surface area contributed by atoms with E-state index in [2.05, 4.69) is 6.07 Å². The molecule has 0 aliphatic rings. The number of nitrogens with two attached hydrogens (primary N) is 1. The van der Waals surface area contributed by atoms with Gasteiger partial charge in [-0.25, -0.2) is 0 Å². The molecule has 2 N–H and O–H groups in total. The number of hydrogen-bond donors (Lipinski definition) is 1. The lowest BCUT2D eigenvalue weighted by atomic mass is 10.1. The molecule has 0 fully saturated rings. The maximum atomic E-state index is 8.65. The molecule has 0 spiro atoms. The summed E-state index contributed by atoms with van der Waals surface area (Å²) in [5, 5.41) is 8.65. The van der Waals surface area contributed by atoms with Gasteiger partial charge in [0.15, 0.2) is 0 Å². The molecule has 0 radical (unpaired) electrons. The highest BCUT2D eigenvalue weighted by Crippen LogP contribution is 2.18. The van der Waals surface area contributed by atoms with Crippen LogP contribution in [0.15, 0.2) is 18.2 Å². The average Bonchev–Trinajstić information content (AvgIpc) is 2.17. The highest BCUT2D eigenvalue weighted by atomic mass is 16.5. The zero-order valence-electron chi connectivity index (χ0n) is 7.58. The van der Waals surface area contributed by atoms with Crippen LogP contribution >= 0.6 is 0 Å². The summed E-state index contributed by atoms with van der Waals surface area (Å²) >= 11 is 0. The first kappa shape index (κ1) is 9.56. The molecule has 0 heterocycles. The van der Waals surface area contributed by atoms with Gasteiger partial charge in [-0.05, 0) is 24.6 Å². The summed E-state index contributed by atoms with van der Waals surface area (Å²) in [6.07, 6.45) is 0. The summed E-state index contributed by atoms with van der Waals surface area (Å²) in [7, 11) is 0. The van der Waals surface area contributed by atoms with E-state index in [-0.39, 0.29) is 0 Å². The molecule has 0 unspecified atom stereocenters. The maximum Gasteiger partial charge on any atom is 0.123 e. The van der Waals surface area contributed by atoms with Gasteiger partial charge in [0.2, 0.25) is 0 Å². The van der Waals surface area contributed by atoms with Gasteiger partial charge in [-0.3, -0.25) is 0 Å². The Morgan fingerprint density at radius 3 is 2.92 bits per heavy atom. The van der Waals surface area contributed by atoms with E-state index in [4.69, 9.17) is 15.7 Å². The van der Waals surface area contributed by atoms with Crippen LogP contribution in [0.25, 0.3) is 0 Å². The van der Waals surface area contributed by atoms with Gasteiger partial charge in [-0.2, -0.15) is 5.26 Å². The number of hydrogen-bond acceptors (Lipinski definition) is 3. The summed E-state index contributed by atoms with van der Waals surface area (Å²) in [6.45, 7) is 2.90. The molecule has 3 nitrogen and oxygen atoms in total. The van der Waals surface area contributed by atoms with E-state index in [1.807, 2.05) is 13.0 Å². The zero-order valence-corrected chi connectivity index (χ0v) is 7.58. The fourth-order valence-electron chi connectivity index (χ4n) is 0.994. The third-order valence-electron chi connectivity index (χ3n) is 1.69. The van der Waals surface area contributed by atoms with Gasteiger partial charge in [0.05, 0.1) is 11.6 Å². The lowest BCUT2D eigenvalue weighted by Gasteiger charge is -2.07. The zero-order chi connectivity index (χ0) is 9.68. The average molecular weight is 176 g/mol. The minimum atomic E-state index is 0.482. The molecule has 0 atom stereocenters.